The van der Waals surface area contributed by atoms with Crippen LogP contribution in [0.2, 0.25) is 0 Å². The van der Waals surface area contributed by atoms with Crippen molar-refractivity contribution in [3.63, 3.8) is 0 Å². The van der Waals surface area contributed by atoms with Crippen LogP contribution in [-0.2, 0) is 0 Å². The molecule has 1 aliphatic rings. The fourth-order valence-electron chi connectivity index (χ4n) is 7.80. The molecule has 47 heavy (non-hydrogen) atoms. The summed E-state index contributed by atoms with van der Waals surface area (Å²) in [5, 5.41) is 5.25. The number of rotatable bonds is 4. The second kappa shape index (κ2) is 10.2. The Labute approximate surface area is 273 Å². The second-order valence-electron chi connectivity index (χ2n) is 12.5. The van der Waals surface area contributed by atoms with Crippen molar-refractivity contribution in [3.8, 4) is 61.3 Å². The van der Waals surface area contributed by atoms with Gasteiger partial charge in [-0.15, -0.1) is 0 Å². The van der Waals surface area contributed by atoms with Crippen molar-refractivity contribution in [2.24, 2.45) is 0 Å². The molecule has 0 amide bonds. The van der Waals surface area contributed by atoms with Gasteiger partial charge in [0, 0.05) is 16.5 Å². The van der Waals surface area contributed by atoms with Gasteiger partial charge < -0.3 is 4.57 Å². The Hall–Kier alpha value is -6.18. The van der Waals surface area contributed by atoms with E-state index in [1.807, 2.05) is 0 Å². The molecule has 1 aliphatic carbocycles. The van der Waals surface area contributed by atoms with Gasteiger partial charge in [-0.25, -0.2) is 0 Å². The van der Waals surface area contributed by atoms with Crippen LogP contribution >= 0.6 is 0 Å². The predicted octanol–water partition coefficient (Wildman–Crippen LogP) is 12.6. The predicted molar refractivity (Wildman–Crippen MR) is 199 cm³/mol. The molecule has 1 heterocycles. The van der Waals surface area contributed by atoms with E-state index in [9.17, 15) is 0 Å². The van der Waals surface area contributed by atoms with Crippen LogP contribution in [0.5, 0.6) is 0 Å². The maximum Gasteiger partial charge on any atom is 0.0553 e. The third-order valence-electron chi connectivity index (χ3n) is 9.89. The van der Waals surface area contributed by atoms with Crippen molar-refractivity contribution in [1.82, 2.24) is 4.57 Å². The molecule has 0 N–H and O–H groups in total. The van der Waals surface area contributed by atoms with Crippen LogP contribution in [0.1, 0.15) is 0 Å². The number of fused-ring (bicyclic) bond motifs is 7. The average molecular weight is 596 g/mol. The molecule has 1 nitrogen and oxygen atoms in total. The van der Waals surface area contributed by atoms with Crippen molar-refractivity contribution in [2.75, 3.05) is 0 Å². The van der Waals surface area contributed by atoms with E-state index in [0.717, 1.165) is 0 Å². The molecule has 0 saturated carbocycles. The summed E-state index contributed by atoms with van der Waals surface area (Å²) in [7, 11) is 0. The SMILES string of the molecule is c1ccc(-c2cc(-c3ccccc3)cc(-c3ccc4c(c3)c3c5cccc6c5c(cc3n4-c3ccccc3)-c3ccccc3-6)c2)cc1. The first-order chi connectivity index (χ1) is 23.3. The van der Waals surface area contributed by atoms with Crippen LogP contribution < -0.4 is 0 Å². The van der Waals surface area contributed by atoms with Gasteiger partial charge in [-0.05, 0) is 115 Å². The Morgan fingerprint density at radius 1 is 0.277 bits per heavy atom. The summed E-state index contributed by atoms with van der Waals surface area (Å²) in [6.45, 7) is 0. The Balaban J connectivity index is 1.29. The maximum absolute atomic E-state index is 2.45. The number of para-hydroxylation sites is 1. The zero-order valence-electron chi connectivity index (χ0n) is 25.7. The molecule has 8 aromatic carbocycles. The minimum Gasteiger partial charge on any atom is -0.309 e. The molecule has 0 radical (unpaired) electrons. The Morgan fingerprint density at radius 2 is 0.830 bits per heavy atom. The quantitative estimate of drug-likeness (QED) is 0.191. The van der Waals surface area contributed by atoms with E-state index >= 15 is 0 Å². The van der Waals surface area contributed by atoms with Gasteiger partial charge in [0.1, 0.15) is 0 Å². The summed E-state index contributed by atoms with van der Waals surface area (Å²) in [6, 6.07) is 64.4. The van der Waals surface area contributed by atoms with Crippen LogP contribution in [0.4, 0.5) is 0 Å². The number of nitrogens with zero attached hydrogens (tertiary/aromatic N) is 1. The second-order valence-corrected chi connectivity index (χ2v) is 12.5. The standard InChI is InChI=1S/C46H29N/c1-4-13-30(14-5-1)33-25-34(31-15-6-2-7-16-31)27-35(26-33)32-23-24-43-42(28-32)46-40-22-12-21-39-37-19-10-11-20-38(37)41(45(39)40)29-44(46)47(43)36-17-8-3-9-18-36/h1-29H. The number of hydrogen-bond donors (Lipinski definition) is 0. The number of hydrogen-bond acceptors (Lipinski definition) is 0. The lowest BCUT2D eigenvalue weighted by Crippen LogP contribution is -1.93. The smallest absolute Gasteiger partial charge is 0.0553 e. The van der Waals surface area contributed by atoms with Crippen molar-refractivity contribution in [1.29, 1.82) is 0 Å². The number of aromatic nitrogens is 1. The first kappa shape index (κ1) is 26.1. The third-order valence-corrected chi connectivity index (χ3v) is 9.89. The Kier molecular flexibility index (Phi) is 5.64. The summed E-state index contributed by atoms with van der Waals surface area (Å²) in [5.41, 5.74) is 16.2. The molecule has 0 bridgehead atoms. The molecule has 9 aromatic rings. The zero-order valence-corrected chi connectivity index (χ0v) is 25.7. The van der Waals surface area contributed by atoms with Crippen molar-refractivity contribution in [2.45, 2.75) is 0 Å². The lowest BCUT2D eigenvalue weighted by Gasteiger charge is -2.12. The van der Waals surface area contributed by atoms with Gasteiger partial charge in [0.2, 0.25) is 0 Å². The summed E-state index contributed by atoms with van der Waals surface area (Å²) < 4.78 is 2.45. The molecule has 1 heteroatoms. The highest BCUT2D eigenvalue weighted by Gasteiger charge is 2.25. The third kappa shape index (κ3) is 3.97. The van der Waals surface area contributed by atoms with Gasteiger partial charge >= 0.3 is 0 Å². The van der Waals surface area contributed by atoms with E-state index in [2.05, 4.69) is 180 Å². The molecular weight excluding hydrogens is 567 g/mol. The van der Waals surface area contributed by atoms with Crippen molar-refractivity contribution < 1.29 is 0 Å². The highest BCUT2D eigenvalue weighted by atomic mass is 15.0. The minimum absolute atomic E-state index is 1.17. The minimum atomic E-state index is 1.17. The first-order valence-electron chi connectivity index (χ1n) is 16.3. The Bertz CT molecular complexity index is 2590. The molecule has 0 fully saturated rings. The molecule has 1 aromatic heterocycles. The average Bonchev–Trinajstić information content (AvgIpc) is 3.66. The number of benzene rings is 8. The largest absolute Gasteiger partial charge is 0.309 e. The van der Waals surface area contributed by atoms with Gasteiger partial charge in [0.15, 0.2) is 0 Å². The molecular formula is C46H29N. The topological polar surface area (TPSA) is 4.93 Å². The van der Waals surface area contributed by atoms with Gasteiger partial charge in [-0.1, -0.05) is 127 Å². The van der Waals surface area contributed by atoms with Crippen molar-refractivity contribution in [3.05, 3.63) is 176 Å². The van der Waals surface area contributed by atoms with E-state index in [1.165, 1.54) is 93.9 Å². The van der Waals surface area contributed by atoms with E-state index < -0.39 is 0 Å². The molecule has 218 valence electrons. The van der Waals surface area contributed by atoms with Crippen LogP contribution in [0.25, 0.3) is 93.9 Å². The zero-order chi connectivity index (χ0) is 30.9. The molecule has 0 saturated heterocycles. The highest BCUT2D eigenvalue weighted by molar-refractivity contribution is 6.29. The molecule has 0 spiro atoms. The van der Waals surface area contributed by atoms with Crippen LogP contribution in [-0.4, -0.2) is 4.57 Å². The Morgan fingerprint density at radius 3 is 1.49 bits per heavy atom. The summed E-state index contributed by atoms with van der Waals surface area (Å²) in [4.78, 5) is 0. The first-order valence-corrected chi connectivity index (χ1v) is 16.3. The summed E-state index contributed by atoms with van der Waals surface area (Å²) in [6.07, 6.45) is 0. The van der Waals surface area contributed by atoms with E-state index in [4.69, 9.17) is 0 Å². The summed E-state index contributed by atoms with van der Waals surface area (Å²) in [5.74, 6) is 0. The van der Waals surface area contributed by atoms with E-state index in [1.54, 1.807) is 0 Å². The lowest BCUT2D eigenvalue weighted by atomic mass is 9.92. The van der Waals surface area contributed by atoms with Gasteiger partial charge in [0.25, 0.3) is 0 Å². The van der Waals surface area contributed by atoms with E-state index in [-0.39, 0.29) is 0 Å². The van der Waals surface area contributed by atoms with Crippen LogP contribution in [0, 0.1) is 0 Å². The van der Waals surface area contributed by atoms with E-state index in [0.29, 0.717) is 0 Å². The fourth-order valence-corrected chi connectivity index (χ4v) is 7.80. The monoisotopic (exact) mass is 595 g/mol. The van der Waals surface area contributed by atoms with Crippen LogP contribution in [0.15, 0.2) is 176 Å². The van der Waals surface area contributed by atoms with Gasteiger partial charge in [0.05, 0.1) is 11.0 Å². The molecule has 0 unspecified atom stereocenters. The fraction of sp³-hybridized carbons (Fsp3) is 0. The normalized spacial score (nSPS) is 11.8. The van der Waals surface area contributed by atoms with Gasteiger partial charge in [-0.2, -0.15) is 0 Å². The maximum atomic E-state index is 2.45. The summed E-state index contributed by atoms with van der Waals surface area (Å²) >= 11 is 0. The molecule has 0 atom stereocenters. The highest BCUT2D eigenvalue weighted by Crippen LogP contribution is 2.51. The molecule has 10 rings (SSSR count). The molecule has 0 aliphatic heterocycles. The van der Waals surface area contributed by atoms with Gasteiger partial charge in [-0.3, -0.25) is 0 Å². The van der Waals surface area contributed by atoms with Crippen molar-refractivity contribution >= 4 is 32.6 Å². The lowest BCUT2D eigenvalue weighted by molar-refractivity contribution is 1.18. The van der Waals surface area contributed by atoms with Crippen LogP contribution in [0.3, 0.4) is 0 Å².